The standard InChI is InChI=1S/C20H26O3/c1-19(15-21,13-17-9-5-3-6-10-17)23-20(2,16-22)14-18-11-7-4-8-12-18/h3-12,21-22H,13-16H2,1-2H3. The number of hydrogen-bond acceptors (Lipinski definition) is 3. The molecule has 2 unspecified atom stereocenters. The molecule has 0 saturated carbocycles. The van der Waals surface area contributed by atoms with Crippen molar-refractivity contribution in [2.45, 2.75) is 37.9 Å². The Balaban J connectivity index is 2.13. The third-order valence-electron chi connectivity index (χ3n) is 4.00. The predicted octanol–water partition coefficient (Wildman–Crippen LogP) is 2.99. The molecule has 2 atom stereocenters. The first-order chi connectivity index (χ1) is 11.0. The van der Waals surface area contributed by atoms with Crippen LogP contribution in [0.4, 0.5) is 0 Å². The fourth-order valence-electron chi connectivity index (χ4n) is 2.90. The van der Waals surface area contributed by atoms with Gasteiger partial charge in [0.1, 0.15) is 0 Å². The third-order valence-corrected chi connectivity index (χ3v) is 4.00. The zero-order valence-corrected chi connectivity index (χ0v) is 13.9. The highest BCUT2D eigenvalue weighted by Gasteiger charge is 2.35. The summed E-state index contributed by atoms with van der Waals surface area (Å²) < 4.78 is 6.23. The smallest absolute Gasteiger partial charge is 0.0932 e. The van der Waals surface area contributed by atoms with E-state index >= 15 is 0 Å². The zero-order chi connectivity index (χ0) is 16.8. The van der Waals surface area contributed by atoms with Gasteiger partial charge in [0, 0.05) is 12.8 Å². The molecule has 2 aromatic carbocycles. The molecule has 0 saturated heterocycles. The van der Waals surface area contributed by atoms with Gasteiger partial charge in [-0.05, 0) is 25.0 Å². The fraction of sp³-hybridized carbons (Fsp3) is 0.400. The maximum absolute atomic E-state index is 9.86. The second-order valence-electron chi connectivity index (χ2n) is 6.64. The van der Waals surface area contributed by atoms with E-state index in [0.717, 1.165) is 11.1 Å². The molecule has 0 aliphatic rings. The summed E-state index contributed by atoms with van der Waals surface area (Å²) in [7, 11) is 0. The topological polar surface area (TPSA) is 49.7 Å². The van der Waals surface area contributed by atoms with E-state index in [-0.39, 0.29) is 13.2 Å². The number of rotatable bonds is 8. The van der Waals surface area contributed by atoms with Crippen LogP contribution in [0.5, 0.6) is 0 Å². The Morgan fingerprint density at radius 1 is 0.696 bits per heavy atom. The highest BCUT2D eigenvalue weighted by atomic mass is 16.5. The van der Waals surface area contributed by atoms with Crippen molar-refractivity contribution in [1.29, 1.82) is 0 Å². The zero-order valence-electron chi connectivity index (χ0n) is 13.9. The maximum Gasteiger partial charge on any atom is 0.0932 e. The second-order valence-corrected chi connectivity index (χ2v) is 6.64. The Bertz CT molecular complexity index is 531. The Hall–Kier alpha value is -1.68. The van der Waals surface area contributed by atoms with E-state index in [9.17, 15) is 10.2 Å². The van der Waals surface area contributed by atoms with Gasteiger partial charge < -0.3 is 14.9 Å². The van der Waals surface area contributed by atoms with Crippen molar-refractivity contribution in [3.8, 4) is 0 Å². The van der Waals surface area contributed by atoms with Crippen LogP contribution in [0.15, 0.2) is 60.7 Å². The van der Waals surface area contributed by atoms with Crippen LogP contribution < -0.4 is 0 Å². The molecule has 124 valence electrons. The van der Waals surface area contributed by atoms with Crippen LogP contribution in [0.3, 0.4) is 0 Å². The normalized spacial score (nSPS) is 16.5. The quantitative estimate of drug-likeness (QED) is 0.787. The van der Waals surface area contributed by atoms with Crippen LogP contribution in [0.1, 0.15) is 25.0 Å². The van der Waals surface area contributed by atoms with Crippen molar-refractivity contribution in [2.24, 2.45) is 0 Å². The molecule has 2 N–H and O–H groups in total. The summed E-state index contributed by atoms with van der Waals surface area (Å²) in [6, 6.07) is 19.9. The molecule has 0 amide bonds. The average molecular weight is 314 g/mol. The molecule has 0 aliphatic heterocycles. The molecule has 3 nitrogen and oxygen atoms in total. The summed E-state index contributed by atoms with van der Waals surface area (Å²) in [5, 5.41) is 19.7. The molecule has 0 fully saturated rings. The summed E-state index contributed by atoms with van der Waals surface area (Å²) in [6.45, 7) is 3.57. The lowest BCUT2D eigenvalue weighted by Gasteiger charge is -2.39. The number of aliphatic hydroxyl groups excluding tert-OH is 2. The fourth-order valence-corrected chi connectivity index (χ4v) is 2.90. The molecule has 0 spiro atoms. The van der Waals surface area contributed by atoms with E-state index in [1.807, 2.05) is 74.5 Å². The number of benzene rings is 2. The molecule has 3 heteroatoms. The van der Waals surface area contributed by atoms with E-state index in [2.05, 4.69) is 0 Å². The van der Waals surface area contributed by atoms with Crippen molar-refractivity contribution in [3.63, 3.8) is 0 Å². The minimum Gasteiger partial charge on any atom is -0.393 e. The monoisotopic (exact) mass is 314 g/mol. The van der Waals surface area contributed by atoms with Gasteiger partial charge >= 0.3 is 0 Å². The summed E-state index contributed by atoms with van der Waals surface area (Å²) >= 11 is 0. The van der Waals surface area contributed by atoms with Crippen LogP contribution in [-0.2, 0) is 17.6 Å². The van der Waals surface area contributed by atoms with E-state index < -0.39 is 11.2 Å². The van der Waals surface area contributed by atoms with Gasteiger partial charge in [-0.2, -0.15) is 0 Å². The van der Waals surface area contributed by atoms with Crippen LogP contribution in [0.25, 0.3) is 0 Å². The molecule has 2 rings (SSSR count). The maximum atomic E-state index is 9.86. The minimum absolute atomic E-state index is 0.105. The van der Waals surface area contributed by atoms with Gasteiger partial charge in [-0.1, -0.05) is 60.7 Å². The van der Waals surface area contributed by atoms with Crippen LogP contribution in [0, 0.1) is 0 Å². The largest absolute Gasteiger partial charge is 0.393 e. The van der Waals surface area contributed by atoms with E-state index in [4.69, 9.17) is 4.74 Å². The SMILES string of the molecule is CC(CO)(Cc1ccccc1)OC(C)(CO)Cc1ccccc1. The van der Waals surface area contributed by atoms with Crippen molar-refractivity contribution < 1.29 is 14.9 Å². The molecule has 2 aromatic rings. The molecule has 23 heavy (non-hydrogen) atoms. The van der Waals surface area contributed by atoms with Crippen molar-refractivity contribution in [3.05, 3.63) is 71.8 Å². The van der Waals surface area contributed by atoms with Crippen molar-refractivity contribution in [1.82, 2.24) is 0 Å². The second kappa shape index (κ2) is 7.73. The van der Waals surface area contributed by atoms with Gasteiger partial charge in [0.25, 0.3) is 0 Å². The van der Waals surface area contributed by atoms with Crippen LogP contribution in [0.2, 0.25) is 0 Å². The van der Waals surface area contributed by atoms with Gasteiger partial charge in [0.05, 0.1) is 24.4 Å². The number of hydrogen-bond donors (Lipinski definition) is 2. The summed E-state index contributed by atoms with van der Waals surface area (Å²) in [6.07, 6.45) is 1.18. The average Bonchev–Trinajstić information content (AvgIpc) is 2.56. The molecule has 0 aromatic heterocycles. The minimum atomic E-state index is -0.742. The lowest BCUT2D eigenvalue weighted by atomic mass is 9.92. The predicted molar refractivity (Wildman–Crippen MR) is 92.4 cm³/mol. The van der Waals surface area contributed by atoms with E-state index in [0.29, 0.717) is 12.8 Å². The van der Waals surface area contributed by atoms with Gasteiger partial charge in [-0.15, -0.1) is 0 Å². The van der Waals surface area contributed by atoms with Gasteiger partial charge in [0.15, 0.2) is 0 Å². The first-order valence-electron chi connectivity index (χ1n) is 7.98. The van der Waals surface area contributed by atoms with Gasteiger partial charge in [-0.3, -0.25) is 0 Å². The first-order valence-corrected chi connectivity index (χ1v) is 7.98. The Labute approximate surface area is 138 Å². The molecule has 0 bridgehead atoms. The first kappa shape index (κ1) is 17.7. The van der Waals surface area contributed by atoms with Crippen LogP contribution in [-0.4, -0.2) is 34.6 Å². The van der Waals surface area contributed by atoms with Crippen molar-refractivity contribution >= 4 is 0 Å². The Kier molecular flexibility index (Phi) is 5.94. The van der Waals surface area contributed by atoms with Crippen LogP contribution >= 0.6 is 0 Å². The lowest BCUT2D eigenvalue weighted by molar-refractivity contribution is -0.173. The third kappa shape index (κ3) is 5.17. The van der Waals surface area contributed by atoms with Crippen molar-refractivity contribution in [2.75, 3.05) is 13.2 Å². The summed E-state index contributed by atoms with van der Waals surface area (Å²) in [5.41, 5.74) is 0.717. The van der Waals surface area contributed by atoms with Gasteiger partial charge in [0.2, 0.25) is 0 Å². The lowest BCUT2D eigenvalue weighted by Crippen LogP contribution is -2.48. The molecular weight excluding hydrogens is 288 g/mol. The Morgan fingerprint density at radius 3 is 1.35 bits per heavy atom. The number of aliphatic hydroxyl groups is 2. The molecule has 0 heterocycles. The van der Waals surface area contributed by atoms with Gasteiger partial charge in [-0.25, -0.2) is 0 Å². The van der Waals surface area contributed by atoms with E-state index in [1.165, 1.54) is 0 Å². The Morgan fingerprint density at radius 2 is 1.04 bits per heavy atom. The molecule has 0 aliphatic carbocycles. The number of ether oxygens (including phenoxy) is 1. The molecule has 0 radical (unpaired) electrons. The highest BCUT2D eigenvalue weighted by Crippen LogP contribution is 2.27. The summed E-state index contributed by atoms with van der Waals surface area (Å²) in [5.74, 6) is 0. The molecular formula is C20H26O3. The van der Waals surface area contributed by atoms with E-state index in [1.54, 1.807) is 0 Å². The summed E-state index contributed by atoms with van der Waals surface area (Å²) in [4.78, 5) is 0. The highest BCUT2D eigenvalue weighted by molar-refractivity contribution is 5.19.